The molecular formula is C37H46N6O5S2. The topological polar surface area (TPSA) is 146 Å². The Labute approximate surface area is 301 Å². The molecule has 266 valence electrons. The Morgan fingerprint density at radius 1 is 0.940 bits per heavy atom. The Balaban J connectivity index is 1.24. The standard InChI is InChI=1S/C37H46N6O5S2/c1-24(2)35-41-29(22-49-35)20-43(30-14-15-30)36(46)39-25(3)34(45)40-28(16-26-10-6-4-7-11-26)18-33(44)32(17-27-12-8-5-9-13-27)42-37(47)48-21-31-19-38-23-50-31/h4-13,19,22-25,28,30,32-33,44H,14-18,20-21H2,1-3H3,(H,39,46)(H,40,45)(H,42,47)/t25-,28-,32-,33-/m0/s1. The van der Waals surface area contributed by atoms with Crippen LogP contribution in [0.1, 0.15) is 72.7 Å². The average molecular weight is 719 g/mol. The number of thiazole rings is 2. The number of aromatic nitrogens is 2. The van der Waals surface area contributed by atoms with Gasteiger partial charge in [-0.3, -0.25) is 9.78 Å². The maximum Gasteiger partial charge on any atom is 0.407 e. The molecule has 11 nitrogen and oxygen atoms in total. The highest BCUT2D eigenvalue weighted by Gasteiger charge is 2.35. The fourth-order valence-corrected chi connectivity index (χ4v) is 6.92. The molecule has 0 aliphatic heterocycles. The molecule has 0 radical (unpaired) electrons. The number of hydrogen-bond donors (Lipinski definition) is 4. The lowest BCUT2D eigenvalue weighted by Gasteiger charge is -2.29. The molecule has 13 heteroatoms. The van der Waals surface area contributed by atoms with Gasteiger partial charge in [-0.15, -0.1) is 22.7 Å². The second-order valence-corrected chi connectivity index (χ2v) is 14.9. The number of alkyl carbamates (subject to hydrolysis) is 1. The fourth-order valence-electron chi connectivity index (χ4n) is 5.59. The van der Waals surface area contributed by atoms with Crippen LogP contribution in [0.15, 0.2) is 77.8 Å². The molecule has 0 unspecified atom stereocenters. The largest absolute Gasteiger partial charge is 0.444 e. The van der Waals surface area contributed by atoms with Gasteiger partial charge in [0, 0.05) is 29.6 Å². The van der Waals surface area contributed by atoms with Crippen LogP contribution in [0.3, 0.4) is 0 Å². The molecule has 1 saturated carbocycles. The molecule has 1 aliphatic rings. The lowest BCUT2D eigenvalue weighted by Crippen LogP contribution is -2.53. The maximum absolute atomic E-state index is 13.6. The molecule has 2 aromatic carbocycles. The number of nitrogens with zero attached hydrogens (tertiary/aromatic N) is 3. The first-order valence-corrected chi connectivity index (χ1v) is 18.8. The molecule has 4 amide bonds. The molecule has 4 aromatic rings. The van der Waals surface area contributed by atoms with Crippen molar-refractivity contribution in [3.63, 3.8) is 0 Å². The van der Waals surface area contributed by atoms with Gasteiger partial charge in [0.25, 0.3) is 0 Å². The van der Waals surface area contributed by atoms with Crippen molar-refractivity contribution in [2.45, 2.75) is 102 Å². The van der Waals surface area contributed by atoms with Gasteiger partial charge in [0.15, 0.2) is 0 Å². The van der Waals surface area contributed by atoms with E-state index in [1.807, 2.05) is 66.0 Å². The Morgan fingerprint density at radius 2 is 1.62 bits per heavy atom. The minimum atomic E-state index is -1.04. The highest BCUT2D eigenvalue weighted by atomic mass is 32.1. The zero-order valence-electron chi connectivity index (χ0n) is 28.7. The minimum Gasteiger partial charge on any atom is -0.444 e. The number of aliphatic hydroxyl groups excluding tert-OH is 1. The number of amides is 4. The Bertz CT molecular complexity index is 1650. The third-order valence-electron chi connectivity index (χ3n) is 8.47. The van der Waals surface area contributed by atoms with Crippen molar-refractivity contribution >= 4 is 40.7 Å². The molecule has 4 atom stereocenters. The molecule has 0 spiro atoms. The highest BCUT2D eigenvalue weighted by molar-refractivity contribution is 7.09. The molecule has 0 saturated heterocycles. The second kappa shape index (κ2) is 18.1. The van der Waals surface area contributed by atoms with Crippen molar-refractivity contribution in [3.8, 4) is 0 Å². The number of carbonyl (C=O) groups is 3. The number of urea groups is 1. The zero-order chi connectivity index (χ0) is 35.5. The van der Waals surface area contributed by atoms with Gasteiger partial charge in [-0.2, -0.15) is 0 Å². The summed E-state index contributed by atoms with van der Waals surface area (Å²) in [5, 5.41) is 23.5. The normalized spacial score (nSPS) is 15.1. The average Bonchev–Trinajstić information content (AvgIpc) is 3.58. The number of ether oxygens (including phenoxy) is 1. The summed E-state index contributed by atoms with van der Waals surface area (Å²) in [7, 11) is 0. The summed E-state index contributed by atoms with van der Waals surface area (Å²) >= 11 is 2.98. The summed E-state index contributed by atoms with van der Waals surface area (Å²) in [6, 6.07) is 17.0. The Hall–Kier alpha value is -4.33. The second-order valence-electron chi connectivity index (χ2n) is 13.0. The third-order valence-corrected chi connectivity index (χ3v) is 10.4. The zero-order valence-corrected chi connectivity index (χ0v) is 30.3. The molecule has 5 rings (SSSR count). The first kappa shape index (κ1) is 36.9. The fraction of sp³-hybridized carbons (Fsp3) is 0.432. The van der Waals surface area contributed by atoms with E-state index in [2.05, 4.69) is 34.8 Å². The van der Waals surface area contributed by atoms with Gasteiger partial charge < -0.3 is 30.7 Å². The first-order chi connectivity index (χ1) is 24.1. The molecular weight excluding hydrogens is 673 g/mol. The summed E-state index contributed by atoms with van der Waals surface area (Å²) in [5.74, 6) is -0.0510. The molecule has 4 N–H and O–H groups in total. The Morgan fingerprint density at radius 3 is 2.22 bits per heavy atom. The van der Waals surface area contributed by atoms with Crippen LogP contribution in [-0.2, 0) is 35.5 Å². The van der Waals surface area contributed by atoms with Crippen molar-refractivity contribution < 1.29 is 24.2 Å². The van der Waals surface area contributed by atoms with Crippen LogP contribution < -0.4 is 16.0 Å². The van der Waals surface area contributed by atoms with E-state index < -0.39 is 30.3 Å². The number of hydrogen-bond acceptors (Lipinski definition) is 9. The first-order valence-electron chi connectivity index (χ1n) is 17.0. The Kier molecular flexibility index (Phi) is 13.3. The summed E-state index contributed by atoms with van der Waals surface area (Å²) in [5.41, 5.74) is 4.42. The van der Waals surface area contributed by atoms with E-state index >= 15 is 0 Å². The number of carbonyl (C=O) groups excluding carboxylic acids is 3. The summed E-state index contributed by atoms with van der Waals surface area (Å²) in [6.07, 6.45) is 2.72. The number of benzene rings is 2. The summed E-state index contributed by atoms with van der Waals surface area (Å²) in [4.78, 5) is 51.2. The van der Waals surface area contributed by atoms with Gasteiger partial charge in [-0.25, -0.2) is 14.6 Å². The SMILES string of the molecule is CC(C)c1nc(CN(C(=O)N[C@@H](C)C(=O)N[C@@H](Cc2ccccc2)C[C@H](O)[C@H](Cc2ccccc2)NC(=O)OCc2cncs2)C2CC2)cs1. The van der Waals surface area contributed by atoms with Crippen molar-refractivity contribution in [1.29, 1.82) is 0 Å². The van der Waals surface area contributed by atoms with E-state index in [1.54, 1.807) is 34.9 Å². The smallest absolute Gasteiger partial charge is 0.407 e. The van der Waals surface area contributed by atoms with Gasteiger partial charge in [0.2, 0.25) is 5.91 Å². The quantitative estimate of drug-likeness (QED) is 0.108. The monoisotopic (exact) mass is 718 g/mol. The van der Waals surface area contributed by atoms with E-state index in [9.17, 15) is 19.5 Å². The lowest BCUT2D eigenvalue weighted by molar-refractivity contribution is -0.123. The van der Waals surface area contributed by atoms with Crippen molar-refractivity contribution in [2.75, 3.05) is 0 Å². The molecule has 50 heavy (non-hydrogen) atoms. The van der Waals surface area contributed by atoms with Gasteiger partial charge in [-0.05, 0) is 50.2 Å². The third kappa shape index (κ3) is 11.4. The molecule has 1 fully saturated rings. The number of nitrogens with one attached hydrogen (secondary N) is 3. The van der Waals surface area contributed by atoms with Crippen molar-refractivity contribution in [1.82, 2.24) is 30.8 Å². The van der Waals surface area contributed by atoms with Crippen molar-refractivity contribution in [3.05, 3.63) is 104 Å². The lowest BCUT2D eigenvalue weighted by atomic mass is 9.93. The van der Waals surface area contributed by atoms with E-state index in [4.69, 9.17) is 9.72 Å². The van der Waals surface area contributed by atoms with Gasteiger partial charge >= 0.3 is 12.1 Å². The van der Waals surface area contributed by atoms with Crippen LogP contribution in [0.25, 0.3) is 0 Å². The minimum absolute atomic E-state index is 0.0713. The van der Waals surface area contributed by atoms with Gasteiger partial charge in [0.05, 0.1) is 39.8 Å². The van der Waals surface area contributed by atoms with E-state index in [1.165, 1.54) is 11.3 Å². The van der Waals surface area contributed by atoms with Crippen LogP contribution in [0.2, 0.25) is 0 Å². The number of aliphatic hydroxyl groups is 1. The molecule has 2 heterocycles. The van der Waals surface area contributed by atoms with E-state index in [-0.39, 0.29) is 31.0 Å². The highest BCUT2D eigenvalue weighted by Crippen LogP contribution is 2.29. The van der Waals surface area contributed by atoms with Crippen molar-refractivity contribution in [2.24, 2.45) is 0 Å². The van der Waals surface area contributed by atoms with Gasteiger partial charge in [0.1, 0.15) is 12.6 Å². The van der Waals surface area contributed by atoms with Crippen LogP contribution in [0.5, 0.6) is 0 Å². The predicted molar refractivity (Wildman–Crippen MR) is 195 cm³/mol. The van der Waals surface area contributed by atoms with E-state index in [0.29, 0.717) is 25.3 Å². The van der Waals surface area contributed by atoms with Gasteiger partial charge in [-0.1, -0.05) is 74.5 Å². The predicted octanol–water partition coefficient (Wildman–Crippen LogP) is 5.80. The van der Waals surface area contributed by atoms with Crippen LogP contribution in [0, 0.1) is 0 Å². The molecule has 0 bridgehead atoms. The number of rotatable bonds is 17. The van der Waals surface area contributed by atoms with E-state index in [0.717, 1.165) is 39.5 Å². The molecule has 2 aromatic heterocycles. The van der Waals surface area contributed by atoms with Crippen LogP contribution in [-0.4, -0.2) is 68.3 Å². The maximum atomic E-state index is 13.6. The summed E-state index contributed by atoms with van der Waals surface area (Å²) in [6.45, 7) is 6.31. The molecule has 1 aliphatic carbocycles. The van der Waals surface area contributed by atoms with Crippen LogP contribution in [0.4, 0.5) is 9.59 Å². The summed E-state index contributed by atoms with van der Waals surface area (Å²) < 4.78 is 5.42. The van der Waals surface area contributed by atoms with Crippen LogP contribution >= 0.6 is 22.7 Å².